The molecule has 2 rings (SSSR count). The lowest BCUT2D eigenvalue weighted by atomic mass is 9.69. The normalized spacial score (nSPS) is 21.9. The standard InChI is InChI=1S/C21H25ClFN/c1-5-7-8-20(24-21(22)6-2)17-11-16(12-17)15-9-10-19(23)18(13-15)14(3)4/h6-10,13,16-17H,3,5,11-12H2,1-2,4H3/b8-7-,21-6+,24-20+. The predicted octanol–water partition coefficient (Wildman–Crippen LogP) is 6.86. The summed E-state index contributed by atoms with van der Waals surface area (Å²) in [7, 11) is 0. The van der Waals surface area contributed by atoms with Gasteiger partial charge in [-0.2, -0.15) is 0 Å². The molecule has 0 saturated heterocycles. The van der Waals surface area contributed by atoms with Crippen LogP contribution in [0, 0.1) is 11.7 Å². The van der Waals surface area contributed by atoms with Crippen molar-refractivity contribution in [2.75, 3.05) is 0 Å². The molecule has 0 unspecified atom stereocenters. The van der Waals surface area contributed by atoms with Crippen molar-refractivity contribution in [1.29, 1.82) is 0 Å². The topological polar surface area (TPSA) is 12.4 Å². The maximum absolute atomic E-state index is 13.8. The second kappa shape index (κ2) is 8.43. The van der Waals surface area contributed by atoms with Crippen LogP contribution in [0.5, 0.6) is 0 Å². The molecule has 0 amide bonds. The average molecular weight is 346 g/mol. The van der Waals surface area contributed by atoms with Gasteiger partial charge in [0.15, 0.2) is 0 Å². The van der Waals surface area contributed by atoms with Gasteiger partial charge in [0.2, 0.25) is 0 Å². The molecule has 1 nitrogen and oxygen atoms in total. The zero-order valence-electron chi connectivity index (χ0n) is 14.7. The molecular formula is C21H25ClFN. The number of hydrogen-bond donors (Lipinski definition) is 0. The highest BCUT2D eigenvalue weighted by molar-refractivity contribution is 6.30. The van der Waals surface area contributed by atoms with E-state index in [1.807, 2.05) is 26.0 Å². The fourth-order valence-electron chi connectivity index (χ4n) is 2.95. The number of aliphatic imine (C=N–C) groups is 1. The summed E-state index contributed by atoms with van der Waals surface area (Å²) >= 11 is 6.08. The minimum Gasteiger partial charge on any atom is -0.241 e. The van der Waals surface area contributed by atoms with E-state index in [1.165, 1.54) is 5.56 Å². The highest BCUT2D eigenvalue weighted by Crippen LogP contribution is 2.43. The number of nitrogens with zero attached hydrogens (tertiary/aromatic N) is 1. The molecule has 1 fully saturated rings. The molecule has 1 aliphatic carbocycles. The van der Waals surface area contributed by atoms with E-state index in [9.17, 15) is 4.39 Å². The maximum atomic E-state index is 13.8. The van der Waals surface area contributed by atoms with Crippen LogP contribution in [0.25, 0.3) is 5.57 Å². The Morgan fingerprint density at radius 1 is 1.42 bits per heavy atom. The first kappa shape index (κ1) is 18.7. The van der Waals surface area contributed by atoms with Gasteiger partial charge in [0.25, 0.3) is 0 Å². The SMILES string of the molecule is C=C(C)c1cc(C2CC(C(/C=C\CC)=N/C(Cl)=C/C)C2)ccc1F. The third kappa shape index (κ3) is 4.45. The molecule has 0 aromatic heterocycles. The van der Waals surface area contributed by atoms with Gasteiger partial charge < -0.3 is 0 Å². The lowest BCUT2D eigenvalue weighted by molar-refractivity contribution is 0.345. The van der Waals surface area contributed by atoms with Crippen LogP contribution in [0.3, 0.4) is 0 Å². The molecule has 24 heavy (non-hydrogen) atoms. The summed E-state index contributed by atoms with van der Waals surface area (Å²) < 4.78 is 13.8. The summed E-state index contributed by atoms with van der Waals surface area (Å²) in [5.41, 5.74) is 3.60. The van der Waals surface area contributed by atoms with Gasteiger partial charge >= 0.3 is 0 Å². The van der Waals surface area contributed by atoms with Crippen molar-refractivity contribution in [1.82, 2.24) is 0 Å². The van der Waals surface area contributed by atoms with Gasteiger partial charge in [0.05, 0.1) is 0 Å². The first-order valence-corrected chi connectivity index (χ1v) is 8.86. The molecule has 0 aliphatic heterocycles. The van der Waals surface area contributed by atoms with Gasteiger partial charge in [-0.25, -0.2) is 9.38 Å². The van der Waals surface area contributed by atoms with Gasteiger partial charge in [-0.15, -0.1) is 0 Å². The molecule has 0 radical (unpaired) electrons. The van der Waals surface area contributed by atoms with E-state index in [4.69, 9.17) is 11.6 Å². The van der Waals surface area contributed by atoms with E-state index in [0.717, 1.165) is 30.5 Å². The quantitative estimate of drug-likeness (QED) is 0.394. The zero-order chi connectivity index (χ0) is 17.7. The summed E-state index contributed by atoms with van der Waals surface area (Å²) in [5, 5.41) is 0.528. The summed E-state index contributed by atoms with van der Waals surface area (Å²) in [5.74, 6) is 0.651. The number of rotatable bonds is 6. The van der Waals surface area contributed by atoms with Crippen molar-refractivity contribution < 1.29 is 4.39 Å². The number of allylic oxidation sites excluding steroid dienone is 4. The average Bonchev–Trinajstić information content (AvgIpc) is 2.51. The fourth-order valence-corrected chi connectivity index (χ4v) is 3.04. The van der Waals surface area contributed by atoms with Crippen LogP contribution < -0.4 is 0 Å². The van der Waals surface area contributed by atoms with E-state index in [-0.39, 0.29) is 5.82 Å². The molecule has 0 N–H and O–H groups in total. The maximum Gasteiger partial charge on any atom is 0.130 e. The minimum absolute atomic E-state index is 0.199. The van der Waals surface area contributed by atoms with Gasteiger partial charge in [0.1, 0.15) is 11.0 Å². The second-order valence-electron chi connectivity index (χ2n) is 6.34. The number of halogens is 2. The van der Waals surface area contributed by atoms with Crippen LogP contribution in [0.1, 0.15) is 57.1 Å². The Morgan fingerprint density at radius 2 is 2.12 bits per heavy atom. The molecule has 1 saturated carbocycles. The Labute approximate surface area is 149 Å². The smallest absolute Gasteiger partial charge is 0.130 e. The molecular weight excluding hydrogens is 321 g/mol. The van der Waals surface area contributed by atoms with Crippen LogP contribution in [0.2, 0.25) is 0 Å². The Hall–Kier alpha value is -1.67. The van der Waals surface area contributed by atoms with Crippen LogP contribution in [0.4, 0.5) is 4.39 Å². The molecule has 3 heteroatoms. The monoisotopic (exact) mass is 345 g/mol. The molecule has 1 aromatic rings. The Morgan fingerprint density at radius 3 is 2.71 bits per heavy atom. The van der Waals surface area contributed by atoms with E-state index < -0.39 is 0 Å². The number of hydrogen-bond acceptors (Lipinski definition) is 1. The van der Waals surface area contributed by atoms with Crippen molar-refractivity contribution in [3.63, 3.8) is 0 Å². The first-order valence-electron chi connectivity index (χ1n) is 8.48. The van der Waals surface area contributed by atoms with Crippen LogP contribution in [0.15, 0.2) is 53.2 Å². The van der Waals surface area contributed by atoms with Crippen LogP contribution >= 0.6 is 11.6 Å². The molecule has 128 valence electrons. The van der Waals surface area contributed by atoms with E-state index in [2.05, 4.69) is 30.6 Å². The summed E-state index contributed by atoms with van der Waals surface area (Å²) in [6.45, 7) is 9.69. The van der Waals surface area contributed by atoms with Crippen LogP contribution in [-0.2, 0) is 0 Å². The van der Waals surface area contributed by atoms with Crippen molar-refractivity contribution >= 4 is 22.9 Å². The van der Waals surface area contributed by atoms with Crippen molar-refractivity contribution in [3.8, 4) is 0 Å². The van der Waals surface area contributed by atoms with Gasteiger partial charge in [-0.1, -0.05) is 43.3 Å². The molecule has 1 aliphatic rings. The van der Waals surface area contributed by atoms with Gasteiger partial charge in [-0.3, -0.25) is 0 Å². The first-order chi connectivity index (χ1) is 11.5. The molecule has 0 spiro atoms. The lowest BCUT2D eigenvalue weighted by Crippen LogP contribution is -2.28. The fraction of sp³-hybridized carbons (Fsp3) is 0.381. The largest absolute Gasteiger partial charge is 0.241 e. The molecule has 0 heterocycles. The minimum atomic E-state index is -0.199. The van der Waals surface area contributed by atoms with Crippen molar-refractivity contribution in [3.05, 3.63) is 65.1 Å². The third-order valence-corrected chi connectivity index (χ3v) is 4.78. The van der Waals surface area contributed by atoms with Gasteiger partial charge in [0, 0.05) is 17.2 Å². The Kier molecular flexibility index (Phi) is 6.56. The van der Waals surface area contributed by atoms with Gasteiger partial charge in [-0.05, 0) is 68.4 Å². The van der Waals surface area contributed by atoms with Crippen LogP contribution in [-0.4, -0.2) is 5.71 Å². The predicted molar refractivity (Wildman–Crippen MR) is 103 cm³/mol. The Balaban J connectivity index is 2.13. The zero-order valence-corrected chi connectivity index (χ0v) is 15.4. The highest BCUT2D eigenvalue weighted by Gasteiger charge is 2.33. The summed E-state index contributed by atoms with van der Waals surface area (Å²) in [6, 6.07) is 5.38. The summed E-state index contributed by atoms with van der Waals surface area (Å²) in [6.07, 6.45) is 9.00. The second-order valence-corrected chi connectivity index (χ2v) is 6.73. The Bertz CT molecular complexity index is 694. The molecule has 0 bridgehead atoms. The molecule has 0 atom stereocenters. The van der Waals surface area contributed by atoms with E-state index >= 15 is 0 Å². The van der Waals surface area contributed by atoms with Crippen molar-refractivity contribution in [2.45, 2.75) is 46.0 Å². The summed E-state index contributed by atoms with van der Waals surface area (Å²) in [4.78, 5) is 4.52. The van der Waals surface area contributed by atoms with Crippen molar-refractivity contribution in [2.24, 2.45) is 10.9 Å². The third-order valence-electron chi connectivity index (χ3n) is 4.48. The van der Waals surface area contributed by atoms with E-state index in [1.54, 1.807) is 12.1 Å². The highest BCUT2D eigenvalue weighted by atomic mass is 35.5. The van der Waals surface area contributed by atoms with E-state index in [0.29, 0.717) is 22.6 Å². The lowest BCUT2D eigenvalue weighted by Gasteiger charge is -2.36. The molecule has 1 aromatic carbocycles. The number of benzene rings is 1.